The molecule has 0 unspecified atom stereocenters. The maximum Gasteiger partial charge on any atom is 0.421 e. The third-order valence-corrected chi connectivity index (χ3v) is 6.51. The van der Waals surface area contributed by atoms with E-state index in [0.717, 1.165) is 44.2 Å². The van der Waals surface area contributed by atoms with Gasteiger partial charge in [-0.15, -0.1) is 0 Å². The van der Waals surface area contributed by atoms with Crippen molar-refractivity contribution in [1.29, 1.82) is 0 Å². The first-order valence-corrected chi connectivity index (χ1v) is 12.3. The maximum absolute atomic E-state index is 13.6. The van der Waals surface area contributed by atoms with E-state index in [1.807, 2.05) is 17.8 Å². The second-order valence-corrected chi connectivity index (χ2v) is 9.29. The first-order chi connectivity index (χ1) is 17.2. The van der Waals surface area contributed by atoms with Crippen LogP contribution in [0.5, 0.6) is 0 Å². The Balaban J connectivity index is 1.41. The molecule has 0 atom stereocenters. The number of carbonyl (C=O) groups excluding carboxylic acids is 1. The summed E-state index contributed by atoms with van der Waals surface area (Å²) >= 11 is 0. The summed E-state index contributed by atoms with van der Waals surface area (Å²) in [4.78, 5) is 24.0. The number of aromatic nitrogens is 4. The van der Waals surface area contributed by atoms with Crippen molar-refractivity contribution in [3.63, 3.8) is 0 Å². The second-order valence-electron chi connectivity index (χ2n) is 9.29. The molecule has 1 amide bonds. The van der Waals surface area contributed by atoms with Gasteiger partial charge in [0.25, 0.3) is 0 Å². The summed E-state index contributed by atoms with van der Waals surface area (Å²) in [5, 5.41) is 10.4. The van der Waals surface area contributed by atoms with Crippen molar-refractivity contribution in [2.24, 2.45) is 0 Å². The molecule has 0 radical (unpaired) electrons. The summed E-state index contributed by atoms with van der Waals surface area (Å²) in [7, 11) is 2.09. The number of rotatable bonds is 8. The first kappa shape index (κ1) is 26.1. The number of likely N-dealkylation sites (tertiary alicyclic amines) is 1. The fourth-order valence-electron chi connectivity index (χ4n) is 4.40. The molecule has 0 spiro atoms. The van der Waals surface area contributed by atoms with Crippen molar-refractivity contribution >= 4 is 23.4 Å². The molecule has 0 aromatic carbocycles. The summed E-state index contributed by atoms with van der Waals surface area (Å²) in [6, 6.07) is 0.281. The van der Waals surface area contributed by atoms with E-state index in [1.165, 1.54) is 0 Å². The Bertz CT molecular complexity index is 1040. The summed E-state index contributed by atoms with van der Waals surface area (Å²) in [6.07, 6.45) is 1.22. The monoisotopic (exact) mass is 510 g/mol. The van der Waals surface area contributed by atoms with E-state index < -0.39 is 11.7 Å². The Labute approximate surface area is 208 Å². The third-order valence-electron chi connectivity index (χ3n) is 6.51. The normalized spacial score (nSPS) is 18.4. The zero-order valence-electron chi connectivity index (χ0n) is 20.6. The van der Waals surface area contributed by atoms with Crippen molar-refractivity contribution in [3.05, 3.63) is 23.7 Å². The lowest BCUT2D eigenvalue weighted by atomic mass is 10.1. The quantitative estimate of drug-likeness (QED) is 0.523. The highest BCUT2D eigenvalue weighted by molar-refractivity contribution is 5.77. The number of anilines is 3. The van der Waals surface area contributed by atoms with Crippen LogP contribution >= 0.6 is 0 Å². The van der Waals surface area contributed by atoms with Gasteiger partial charge < -0.3 is 25.2 Å². The topological polar surface area (TPSA) is 100 Å². The van der Waals surface area contributed by atoms with Gasteiger partial charge in [-0.05, 0) is 52.7 Å². The molecule has 2 aromatic heterocycles. The number of nitrogens with one attached hydrogen (secondary N) is 2. The molecule has 13 heteroatoms. The van der Waals surface area contributed by atoms with Crippen LogP contribution in [0.25, 0.3) is 0 Å². The molecule has 2 N–H and O–H groups in total. The van der Waals surface area contributed by atoms with Gasteiger partial charge in [-0.3, -0.25) is 9.48 Å². The fraction of sp³-hybridized carbons (Fsp3) is 0.652. The van der Waals surface area contributed by atoms with Crippen LogP contribution in [0.2, 0.25) is 0 Å². The summed E-state index contributed by atoms with van der Waals surface area (Å²) in [5.41, 5.74) is 0.436. The molecular weight excluding hydrogens is 477 g/mol. The number of carbonyl (C=O) groups is 1. The standard InChI is InChI=1S/C23H33F3N8O2/c1-16-19(14-34(31-16)17-5-10-32(2)11-6-17)29-22-28-13-18(23(24,25)26)21(30-22)27-7-3-8-33-9-4-12-36-15-20(33)35/h13-14,17H,3-12,15H2,1-2H3,(H2,27,28,29,30). The van der Waals surface area contributed by atoms with E-state index in [-0.39, 0.29) is 36.9 Å². The minimum atomic E-state index is -4.60. The molecular formula is C23H33F3N8O2. The Kier molecular flexibility index (Phi) is 8.29. The van der Waals surface area contributed by atoms with E-state index in [1.54, 1.807) is 4.90 Å². The average molecular weight is 511 g/mol. The van der Waals surface area contributed by atoms with E-state index in [0.29, 0.717) is 31.8 Å². The maximum atomic E-state index is 13.6. The fourth-order valence-corrected chi connectivity index (χ4v) is 4.40. The molecule has 10 nitrogen and oxygen atoms in total. The van der Waals surface area contributed by atoms with Crippen molar-refractivity contribution < 1.29 is 22.7 Å². The number of hydrogen-bond acceptors (Lipinski definition) is 8. The van der Waals surface area contributed by atoms with Gasteiger partial charge in [0.05, 0.1) is 17.4 Å². The molecule has 0 bridgehead atoms. The van der Waals surface area contributed by atoms with Crippen LogP contribution in [0.3, 0.4) is 0 Å². The summed E-state index contributed by atoms with van der Waals surface area (Å²) < 4.78 is 47.9. The zero-order chi connectivity index (χ0) is 25.7. The van der Waals surface area contributed by atoms with Crippen LogP contribution in [0.1, 0.15) is 43.0 Å². The van der Waals surface area contributed by atoms with E-state index in [9.17, 15) is 18.0 Å². The lowest BCUT2D eigenvalue weighted by Crippen LogP contribution is -2.34. The van der Waals surface area contributed by atoms with Gasteiger partial charge in [0.1, 0.15) is 18.0 Å². The van der Waals surface area contributed by atoms with Crippen LogP contribution in [0.15, 0.2) is 12.4 Å². The minimum Gasteiger partial charge on any atom is -0.372 e. The average Bonchev–Trinajstić information content (AvgIpc) is 3.06. The van der Waals surface area contributed by atoms with E-state index in [4.69, 9.17) is 4.74 Å². The number of amides is 1. The Morgan fingerprint density at radius 3 is 2.75 bits per heavy atom. The molecule has 4 rings (SSSR count). The number of halogens is 3. The number of nitrogens with zero attached hydrogens (tertiary/aromatic N) is 6. The number of piperidine rings is 1. The van der Waals surface area contributed by atoms with Crippen molar-refractivity contribution in [2.45, 2.75) is 44.8 Å². The highest BCUT2D eigenvalue weighted by atomic mass is 19.4. The van der Waals surface area contributed by atoms with Crippen molar-refractivity contribution in [1.82, 2.24) is 29.5 Å². The van der Waals surface area contributed by atoms with E-state index in [2.05, 4.69) is 37.6 Å². The largest absolute Gasteiger partial charge is 0.421 e. The van der Waals surface area contributed by atoms with Gasteiger partial charge in [0, 0.05) is 38.6 Å². The molecule has 2 aliphatic heterocycles. The van der Waals surface area contributed by atoms with Crippen molar-refractivity contribution in [2.75, 3.05) is 63.6 Å². The van der Waals surface area contributed by atoms with Crippen LogP contribution in [0.4, 0.5) is 30.6 Å². The van der Waals surface area contributed by atoms with Crippen molar-refractivity contribution in [3.8, 4) is 0 Å². The molecule has 0 aliphatic carbocycles. The predicted molar refractivity (Wildman–Crippen MR) is 128 cm³/mol. The first-order valence-electron chi connectivity index (χ1n) is 12.3. The molecule has 4 heterocycles. The van der Waals surface area contributed by atoms with Gasteiger partial charge in [-0.25, -0.2) is 4.98 Å². The highest BCUT2D eigenvalue weighted by Gasteiger charge is 2.35. The minimum absolute atomic E-state index is 0.0420. The highest BCUT2D eigenvalue weighted by Crippen LogP contribution is 2.34. The van der Waals surface area contributed by atoms with Gasteiger partial charge in [-0.1, -0.05) is 0 Å². The lowest BCUT2D eigenvalue weighted by molar-refractivity contribution is -0.137. The number of hydrogen-bond donors (Lipinski definition) is 2. The van der Waals surface area contributed by atoms with Gasteiger partial charge in [0.15, 0.2) is 0 Å². The Morgan fingerprint density at radius 2 is 2.00 bits per heavy atom. The number of alkyl halides is 3. The van der Waals surface area contributed by atoms with Gasteiger partial charge in [-0.2, -0.15) is 23.3 Å². The van der Waals surface area contributed by atoms with Gasteiger partial charge in [0.2, 0.25) is 11.9 Å². The van der Waals surface area contributed by atoms with Crippen LogP contribution in [0, 0.1) is 6.92 Å². The molecule has 2 aromatic rings. The van der Waals surface area contributed by atoms with E-state index >= 15 is 0 Å². The predicted octanol–water partition coefficient (Wildman–Crippen LogP) is 3.06. The lowest BCUT2D eigenvalue weighted by Gasteiger charge is -2.28. The van der Waals surface area contributed by atoms with Crippen LogP contribution < -0.4 is 10.6 Å². The molecule has 198 valence electrons. The van der Waals surface area contributed by atoms with Crippen LogP contribution in [-0.4, -0.2) is 88.4 Å². The summed E-state index contributed by atoms with van der Waals surface area (Å²) in [6.45, 7) is 5.62. The Hall–Kier alpha value is -2.93. The molecule has 2 fully saturated rings. The number of ether oxygens (including phenoxy) is 1. The van der Waals surface area contributed by atoms with Crippen LogP contribution in [-0.2, 0) is 15.7 Å². The number of aryl methyl sites for hydroxylation is 1. The Morgan fingerprint density at radius 1 is 1.22 bits per heavy atom. The molecule has 36 heavy (non-hydrogen) atoms. The van der Waals surface area contributed by atoms with Gasteiger partial charge >= 0.3 is 6.18 Å². The third kappa shape index (κ3) is 6.64. The molecule has 2 aliphatic rings. The SMILES string of the molecule is Cc1nn(C2CCN(C)CC2)cc1Nc1ncc(C(F)(F)F)c(NCCCN2CCCOCC2=O)n1. The molecule has 2 saturated heterocycles. The zero-order valence-corrected chi connectivity index (χ0v) is 20.6. The second kappa shape index (κ2) is 11.4. The summed E-state index contributed by atoms with van der Waals surface area (Å²) in [5.74, 6) is -0.351. The smallest absolute Gasteiger partial charge is 0.372 e. The molecule has 0 saturated carbocycles.